The normalized spacial score (nSPS) is 25.3. The molecule has 4 heteroatoms. The summed E-state index contributed by atoms with van der Waals surface area (Å²) >= 11 is 0. The first kappa shape index (κ1) is 11.6. The Balaban J connectivity index is 2.05. The third-order valence-corrected chi connectivity index (χ3v) is 4.03. The maximum Gasteiger partial charge on any atom is 0.119 e. The number of hydrogen-bond acceptors (Lipinski definition) is 3. The van der Waals surface area contributed by atoms with Gasteiger partial charge in [-0.2, -0.15) is 0 Å². The van der Waals surface area contributed by atoms with E-state index in [1.165, 1.54) is 5.56 Å². The zero-order valence-electron chi connectivity index (χ0n) is 9.44. The van der Waals surface area contributed by atoms with Crippen molar-refractivity contribution in [2.24, 2.45) is 0 Å². The Morgan fingerprint density at radius 1 is 1.44 bits per heavy atom. The summed E-state index contributed by atoms with van der Waals surface area (Å²) in [6.45, 7) is 3.50. The van der Waals surface area contributed by atoms with Gasteiger partial charge in [-0.1, -0.05) is 12.1 Å². The Morgan fingerprint density at radius 3 is 2.81 bits per heavy atom. The van der Waals surface area contributed by atoms with Gasteiger partial charge in [0.15, 0.2) is 0 Å². The van der Waals surface area contributed by atoms with Gasteiger partial charge in [-0.15, -0.1) is 0 Å². The minimum absolute atomic E-state index is 0.227. The lowest BCUT2D eigenvalue weighted by molar-refractivity contribution is 0.340. The molecule has 3 nitrogen and oxygen atoms in total. The summed E-state index contributed by atoms with van der Waals surface area (Å²) in [5.41, 5.74) is 1.19. The number of benzene rings is 1. The van der Waals surface area contributed by atoms with E-state index in [2.05, 4.69) is 5.32 Å². The van der Waals surface area contributed by atoms with Crippen molar-refractivity contribution in [1.29, 1.82) is 0 Å². The van der Waals surface area contributed by atoms with E-state index in [4.69, 9.17) is 4.74 Å². The van der Waals surface area contributed by atoms with Crippen molar-refractivity contribution in [2.75, 3.05) is 24.7 Å². The second-order valence-corrected chi connectivity index (χ2v) is 5.44. The highest BCUT2D eigenvalue weighted by molar-refractivity contribution is 7.85. The molecule has 0 spiro atoms. The van der Waals surface area contributed by atoms with Crippen molar-refractivity contribution >= 4 is 10.8 Å². The molecule has 1 saturated heterocycles. The second-order valence-electron chi connectivity index (χ2n) is 3.82. The third kappa shape index (κ3) is 2.83. The van der Waals surface area contributed by atoms with Gasteiger partial charge in [-0.3, -0.25) is 4.21 Å². The molecule has 2 unspecified atom stereocenters. The van der Waals surface area contributed by atoms with Gasteiger partial charge in [0.1, 0.15) is 5.75 Å². The highest BCUT2D eigenvalue weighted by atomic mass is 32.2. The fourth-order valence-corrected chi connectivity index (χ4v) is 3.05. The van der Waals surface area contributed by atoms with Crippen molar-refractivity contribution in [1.82, 2.24) is 5.32 Å². The van der Waals surface area contributed by atoms with Crippen molar-refractivity contribution in [2.45, 2.75) is 13.0 Å². The fourth-order valence-electron chi connectivity index (χ4n) is 1.85. The standard InChI is InChI=1S/C12H17NO2S/c1-2-15-11-5-3-10(4-6-11)12-9-16(14)8-7-13-12/h3-6,12-13H,2,7-9H2,1H3. The van der Waals surface area contributed by atoms with Gasteiger partial charge in [0.2, 0.25) is 0 Å². The Labute approximate surface area is 98.7 Å². The smallest absolute Gasteiger partial charge is 0.119 e. The van der Waals surface area contributed by atoms with E-state index in [1.54, 1.807) is 0 Å². The van der Waals surface area contributed by atoms with E-state index < -0.39 is 10.8 Å². The van der Waals surface area contributed by atoms with E-state index in [-0.39, 0.29) is 6.04 Å². The molecule has 0 saturated carbocycles. The molecule has 1 heterocycles. The van der Waals surface area contributed by atoms with Crippen LogP contribution in [0.15, 0.2) is 24.3 Å². The number of nitrogens with one attached hydrogen (secondary N) is 1. The topological polar surface area (TPSA) is 38.3 Å². The Morgan fingerprint density at radius 2 is 2.19 bits per heavy atom. The molecule has 0 amide bonds. The van der Waals surface area contributed by atoms with Gasteiger partial charge in [0, 0.05) is 34.9 Å². The van der Waals surface area contributed by atoms with Gasteiger partial charge >= 0.3 is 0 Å². The molecule has 88 valence electrons. The number of rotatable bonds is 3. The zero-order chi connectivity index (χ0) is 11.4. The van der Waals surface area contributed by atoms with Crippen LogP contribution in [0, 0.1) is 0 Å². The molecule has 0 aliphatic carbocycles. The molecule has 1 N–H and O–H groups in total. The third-order valence-electron chi connectivity index (χ3n) is 2.67. The van der Waals surface area contributed by atoms with Gasteiger partial charge in [0.05, 0.1) is 6.61 Å². The molecule has 0 aromatic heterocycles. The lowest BCUT2D eigenvalue weighted by atomic mass is 10.1. The van der Waals surface area contributed by atoms with Crippen LogP contribution >= 0.6 is 0 Å². The minimum atomic E-state index is -0.673. The number of hydrogen-bond donors (Lipinski definition) is 1. The second kappa shape index (κ2) is 5.46. The van der Waals surface area contributed by atoms with Gasteiger partial charge in [-0.25, -0.2) is 0 Å². The van der Waals surface area contributed by atoms with Crippen molar-refractivity contribution in [3.8, 4) is 5.75 Å². The first-order valence-electron chi connectivity index (χ1n) is 5.60. The van der Waals surface area contributed by atoms with Crippen molar-refractivity contribution in [3.05, 3.63) is 29.8 Å². The Hall–Kier alpha value is -0.870. The summed E-state index contributed by atoms with van der Waals surface area (Å²) in [6, 6.07) is 8.26. The molecule has 1 aliphatic rings. The molecule has 1 fully saturated rings. The van der Waals surface area contributed by atoms with Gasteiger partial charge < -0.3 is 10.1 Å². The van der Waals surface area contributed by atoms with E-state index in [0.717, 1.165) is 18.0 Å². The molecule has 1 aromatic carbocycles. The molecular formula is C12H17NO2S. The predicted octanol–water partition coefficient (Wildman–Crippen LogP) is 1.48. The quantitative estimate of drug-likeness (QED) is 0.868. The SMILES string of the molecule is CCOc1ccc(C2CS(=O)CCN2)cc1. The molecule has 16 heavy (non-hydrogen) atoms. The van der Waals surface area contributed by atoms with Crippen LogP contribution < -0.4 is 10.1 Å². The first-order valence-corrected chi connectivity index (χ1v) is 7.09. The van der Waals surface area contributed by atoms with Crippen LogP contribution in [0.2, 0.25) is 0 Å². The number of ether oxygens (including phenoxy) is 1. The lowest BCUT2D eigenvalue weighted by Gasteiger charge is -2.23. The fraction of sp³-hybridized carbons (Fsp3) is 0.500. The molecular weight excluding hydrogens is 222 g/mol. The van der Waals surface area contributed by atoms with Crippen molar-refractivity contribution in [3.63, 3.8) is 0 Å². The highest BCUT2D eigenvalue weighted by Crippen LogP contribution is 2.20. The molecule has 1 aromatic rings. The van der Waals surface area contributed by atoms with Crippen LogP contribution in [0.4, 0.5) is 0 Å². The van der Waals surface area contributed by atoms with E-state index in [1.807, 2.05) is 31.2 Å². The average molecular weight is 239 g/mol. The Bertz CT molecular complexity index is 364. The monoisotopic (exact) mass is 239 g/mol. The lowest BCUT2D eigenvalue weighted by Crippen LogP contribution is -2.36. The highest BCUT2D eigenvalue weighted by Gasteiger charge is 2.19. The Kier molecular flexibility index (Phi) is 3.96. The van der Waals surface area contributed by atoms with Crippen LogP contribution in [0.3, 0.4) is 0 Å². The maximum absolute atomic E-state index is 11.5. The van der Waals surface area contributed by atoms with Gasteiger partial charge in [-0.05, 0) is 24.6 Å². The molecule has 1 aliphatic heterocycles. The van der Waals surface area contributed by atoms with Crippen LogP contribution in [0.1, 0.15) is 18.5 Å². The van der Waals surface area contributed by atoms with Crippen molar-refractivity contribution < 1.29 is 8.95 Å². The summed E-state index contributed by atoms with van der Waals surface area (Å²) in [5.74, 6) is 2.38. The largest absolute Gasteiger partial charge is 0.494 e. The van der Waals surface area contributed by atoms with Gasteiger partial charge in [0.25, 0.3) is 0 Å². The summed E-state index contributed by atoms with van der Waals surface area (Å²) in [5, 5.41) is 3.38. The van der Waals surface area contributed by atoms with E-state index >= 15 is 0 Å². The van der Waals surface area contributed by atoms with E-state index in [0.29, 0.717) is 12.4 Å². The predicted molar refractivity (Wildman–Crippen MR) is 66.2 cm³/mol. The molecule has 0 bridgehead atoms. The summed E-state index contributed by atoms with van der Waals surface area (Å²) in [7, 11) is -0.673. The summed E-state index contributed by atoms with van der Waals surface area (Å²) in [4.78, 5) is 0. The summed E-state index contributed by atoms with van der Waals surface area (Å²) < 4.78 is 16.9. The molecule has 2 rings (SSSR count). The van der Waals surface area contributed by atoms with Crippen LogP contribution in [-0.2, 0) is 10.8 Å². The average Bonchev–Trinajstić information content (AvgIpc) is 2.30. The minimum Gasteiger partial charge on any atom is -0.494 e. The zero-order valence-corrected chi connectivity index (χ0v) is 10.3. The molecule has 2 atom stereocenters. The summed E-state index contributed by atoms with van der Waals surface area (Å²) in [6.07, 6.45) is 0. The first-order chi connectivity index (χ1) is 7.79. The van der Waals surface area contributed by atoms with Crippen LogP contribution in [0.5, 0.6) is 5.75 Å². The van der Waals surface area contributed by atoms with Crippen LogP contribution in [0.25, 0.3) is 0 Å². The maximum atomic E-state index is 11.5. The van der Waals surface area contributed by atoms with Crippen LogP contribution in [-0.4, -0.2) is 28.9 Å². The molecule has 0 radical (unpaired) electrons. The van der Waals surface area contributed by atoms with E-state index in [9.17, 15) is 4.21 Å².